The number of ketones is 1. The van der Waals surface area contributed by atoms with E-state index in [1.165, 1.54) is 11.8 Å². The summed E-state index contributed by atoms with van der Waals surface area (Å²) in [5.41, 5.74) is 2.74. The van der Waals surface area contributed by atoms with Crippen LogP contribution in [0.25, 0.3) is 0 Å². The van der Waals surface area contributed by atoms with Crippen LogP contribution in [0.1, 0.15) is 57.1 Å². The zero-order valence-corrected chi connectivity index (χ0v) is 19.2. The van der Waals surface area contributed by atoms with Gasteiger partial charge in [0.15, 0.2) is 10.9 Å². The highest BCUT2D eigenvalue weighted by molar-refractivity contribution is 9.10. The molecule has 152 valence electrons. The monoisotopic (exact) mass is 473 g/mol. The van der Waals surface area contributed by atoms with Gasteiger partial charge in [-0.1, -0.05) is 60.6 Å². The van der Waals surface area contributed by atoms with E-state index in [-0.39, 0.29) is 16.8 Å². The summed E-state index contributed by atoms with van der Waals surface area (Å²) < 4.78 is 0.917. The molecule has 0 bridgehead atoms. The lowest BCUT2D eigenvalue weighted by atomic mass is 9.69. The summed E-state index contributed by atoms with van der Waals surface area (Å²) >= 11 is 5.07. The minimum absolute atomic E-state index is 0.100. The van der Waals surface area contributed by atoms with Crippen LogP contribution in [0.2, 0.25) is 0 Å². The van der Waals surface area contributed by atoms with Crippen LogP contribution in [-0.2, 0) is 4.79 Å². The lowest BCUT2D eigenvalue weighted by molar-refractivity contribution is -0.118. The van der Waals surface area contributed by atoms with Crippen molar-refractivity contribution in [1.29, 1.82) is 0 Å². The van der Waals surface area contributed by atoms with Gasteiger partial charge in [0.2, 0.25) is 0 Å². The first-order chi connectivity index (χ1) is 13.8. The maximum atomic E-state index is 13.2. The number of halogens is 1. The Morgan fingerprint density at radius 2 is 2.07 bits per heavy atom. The Kier molecular flexibility index (Phi) is 5.46. The van der Waals surface area contributed by atoms with Crippen molar-refractivity contribution < 1.29 is 4.79 Å². The molecule has 2 N–H and O–H groups in total. The second kappa shape index (κ2) is 7.76. The number of nitrogens with zero attached hydrogens (tertiary/aromatic N) is 1. The van der Waals surface area contributed by atoms with Gasteiger partial charge in [0.05, 0.1) is 5.56 Å². The number of thioether (sulfide) groups is 1. The molecule has 1 atom stereocenters. The maximum Gasteiger partial charge on any atom is 0.257 e. The second-order valence-electron chi connectivity index (χ2n) is 8.43. The van der Waals surface area contributed by atoms with Gasteiger partial charge in [-0.05, 0) is 36.0 Å². The summed E-state index contributed by atoms with van der Waals surface area (Å²) in [5.74, 6) is 1.14. The second-order valence-corrected chi connectivity index (χ2v) is 10.4. The minimum atomic E-state index is -0.413. The van der Waals surface area contributed by atoms with Crippen molar-refractivity contribution >= 4 is 39.3 Å². The van der Waals surface area contributed by atoms with Crippen LogP contribution in [0.3, 0.4) is 0 Å². The van der Waals surface area contributed by atoms with Crippen LogP contribution in [-0.4, -0.2) is 21.5 Å². The molecule has 5 nitrogen and oxygen atoms in total. The van der Waals surface area contributed by atoms with Crippen molar-refractivity contribution in [3.63, 3.8) is 0 Å². The molecule has 0 radical (unpaired) electrons. The molecule has 0 saturated carbocycles. The van der Waals surface area contributed by atoms with Crippen molar-refractivity contribution in [3.8, 4) is 0 Å². The number of H-pyrrole nitrogens is 1. The summed E-state index contributed by atoms with van der Waals surface area (Å²) in [6.45, 7) is 6.30. The number of hydrogen-bond donors (Lipinski definition) is 2. The van der Waals surface area contributed by atoms with E-state index in [9.17, 15) is 9.59 Å². The van der Waals surface area contributed by atoms with Gasteiger partial charge in [-0.25, -0.2) is 4.98 Å². The van der Waals surface area contributed by atoms with E-state index in [1.807, 2.05) is 24.3 Å². The van der Waals surface area contributed by atoms with Crippen molar-refractivity contribution in [2.75, 3.05) is 11.1 Å². The first-order valence-electron chi connectivity index (χ1n) is 9.85. The summed E-state index contributed by atoms with van der Waals surface area (Å²) in [6, 6.07) is 7.84. The normalized spacial score (nSPS) is 20.1. The largest absolute Gasteiger partial charge is 0.343 e. The van der Waals surface area contributed by atoms with Gasteiger partial charge >= 0.3 is 0 Å². The number of carbonyl (C=O) groups excluding carboxylic acids is 1. The number of nitrogens with one attached hydrogen (secondary N) is 2. The number of fused-ring (bicyclic) bond motifs is 1. The number of carbonyl (C=O) groups is 1. The average Bonchev–Trinajstić information content (AvgIpc) is 2.63. The Labute approximate surface area is 182 Å². The third-order valence-corrected chi connectivity index (χ3v) is 6.90. The molecule has 1 aliphatic carbocycles. The summed E-state index contributed by atoms with van der Waals surface area (Å²) in [7, 11) is 0. The molecule has 1 aromatic carbocycles. The molecular weight excluding hydrogens is 450 g/mol. The molecule has 4 rings (SSSR count). The van der Waals surface area contributed by atoms with Crippen LogP contribution < -0.4 is 10.9 Å². The van der Waals surface area contributed by atoms with Gasteiger partial charge in [0.25, 0.3) is 5.56 Å². The van der Waals surface area contributed by atoms with Gasteiger partial charge < -0.3 is 10.3 Å². The Balaban J connectivity index is 1.92. The third kappa shape index (κ3) is 3.94. The fourth-order valence-electron chi connectivity index (χ4n) is 4.18. The van der Waals surface area contributed by atoms with E-state index >= 15 is 0 Å². The Morgan fingerprint density at radius 1 is 1.28 bits per heavy atom. The molecule has 0 amide bonds. The molecule has 2 aromatic rings. The van der Waals surface area contributed by atoms with Crippen LogP contribution >= 0.6 is 27.7 Å². The molecule has 2 aliphatic rings. The van der Waals surface area contributed by atoms with E-state index in [0.29, 0.717) is 28.5 Å². The molecular formula is C22H24BrN3O2S. The summed E-state index contributed by atoms with van der Waals surface area (Å²) in [4.78, 5) is 34.0. The van der Waals surface area contributed by atoms with E-state index in [4.69, 9.17) is 4.98 Å². The number of hydrogen-bond acceptors (Lipinski definition) is 5. The first kappa shape index (κ1) is 20.4. The lowest BCUT2D eigenvalue weighted by Crippen LogP contribution is -2.37. The van der Waals surface area contributed by atoms with Crippen molar-refractivity contribution in [1.82, 2.24) is 9.97 Å². The van der Waals surface area contributed by atoms with E-state index in [1.54, 1.807) is 0 Å². The average molecular weight is 474 g/mol. The molecule has 2 heterocycles. The standard InChI is InChI=1S/C22H24BrN3O2S/c1-4-8-29-21-25-19-18(20(28)26-21)16(12-6-5-7-13(23)9-12)17-14(24-19)10-22(2,3)11-15(17)27/h5-7,9,16H,4,8,10-11H2,1-3H3,(H2,24,25,26,28). The SMILES string of the molecule is CCCSc1nc2c(c(=O)[nH]1)C(c1cccc(Br)c1)C1=C(CC(C)(C)CC1=O)N2. The Bertz CT molecular complexity index is 1070. The predicted octanol–water partition coefficient (Wildman–Crippen LogP) is 5.24. The maximum absolute atomic E-state index is 13.2. The first-order valence-corrected chi connectivity index (χ1v) is 11.6. The zero-order valence-electron chi connectivity index (χ0n) is 16.8. The molecule has 0 spiro atoms. The van der Waals surface area contributed by atoms with E-state index in [2.05, 4.69) is 47.0 Å². The van der Waals surface area contributed by atoms with Crippen LogP contribution in [0.4, 0.5) is 5.82 Å². The number of allylic oxidation sites excluding steroid dienone is 2. The Hall–Kier alpha value is -1.86. The highest BCUT2D eigenvalue weighted by Gasteiger charge is 2.42. The van der Waals surface area contributed by atoms with Gasteiger partial charge in [-0.2, -0.15) is 0 Å². The van der Waals surface area contributed by atoms with Crippen LogP contribution in [0, 0.1) is 5.41 Å². The molecule has 29 heavy (non-hydrogen) atoms. The van der Waals surface area contributed by atoms with Gasteiger partial charge in [-0.3, -0.25) is 9.59 Å². The highest BCUT2D eigenvalue weighted by Crippen LogP contribution is 2.47. The third-order valence-electron chi connectivity index (χ3n) is 5.33. The molecule has 7 heteroatoms. The van der Waals surface area contributed by atoms with E-state index < -0.39 is 5.92 Å². The zero-order chi connectivity index (χ0) is 20.8. The number of Topliss-reactive ketones (excluding diaryl/α,β-unsaturated/α-hetero) is 1. The topological polar surface area (TPSA) is 74.8 Å². The number of benzene rings is 1. The molecule has 0 saturated heterocycles. The van der Waals surface area contributed by atoms with E-state index in [0.717, 1.165) is 34.3 Å². The van der Waals surface area contributed by atoms with Crippen molar-refractivity contribution in [2.45, 2.75) is 51.1 Å². The molecule has 1 aromatic heterocycles. The van der Waals surface area contributed by atoms with Gasteiger partial charge in [0.1, 0.15) is 5.82 Å². The summed E-state index contributed by atoms with van der Waals surface area (Å²) in [5, 5.41) is 3.97. The van der Waals surface area contributed by atoms with Crippen LogP contribution in [0.5, 0.6) is 0 Å². The van der Waals surface area contributed by atoms with Crippen LogP contribution in [0.15, 0.2) is 50.0 Å². The van der Waals surface area contributed by atoms with Gasteiger partial charge in [-0.15, -0.1) is 0 Å². The summed E-state index contributed by atoms with van der Waals surface area (Å²) in [6.07, 6.45) is 2.23. The number of aromatic nitrogens is 2. The molecule has 1 unspecified atom stereocenters. The quantitative estimate of drug-likeness (QED) is 0.469. The smallest absolute Gasteiger partial charge is 0.257 e. The van der Waals surface area contributed by atoms with Crippen molar-refractivity contribution in [3.05, 3.63) is 61.5 Å². The number of rotatable bonds is 4. The number of aromatic amines is 1. The highest BCUT2D eigenvalue weighted by atomic mass is 79.9. The Morgan fingerprint density at radius 3 is 2.79 bits per heavy atom. The number of anilines is 1. The lowest BCUT2D eigenvalue weighted by Gasteiger charge is -2.38. The predicted molar refractivity (Wildman–Crippen MR) is 121 cm³/mol. The fraction of sp³-hybridized carbons (Fsp3) is 0.409. The molecule has 0 fully saturated rings. The minimum Gasteiger partial charge on any atom is -0.343 e. The van der Waals surface area contributed by atoms with Crippen molar-refractivity contribution in [2.24, 2.45) is 5.41 Å². The van der Waals surface area contributed by atoms with Gasteiger partial charge in [0, 0.05) is 33.8 Å². The fourth-order valence-corrected chi connectivity index (χ4v) is 5.31. The molecule has 1 aliphatic heterocycles.